The topological polar surface area (TPSA) is 34.1 Å². The van der Waals surface area contributed by atoms with E-state index in [4.69, 9.17) is 0 Å². The van der Waals surface area contributed by atoms with Gasteiger partial charge in [-0.05, 0) is 30.7 Å². The van der Waals surface area contributed by atoms with Gasteiger partial charge in [-0.15, -0.1) is 0 Å². The number of carbonyl (C=O) groups is 1. The smallest absolute Gasteiger partial charge is 0.234 e. The zero-order valence-electron chi connectivity index (χ0n) is 9.46. The van der Waals surface area contributed by atoms with Crippen LogP contribution in [0.4, 0.5) is 0 Å². The van der Waals surface area contributed by atoms with E-state index in [1.165, 1.54) is 0 Å². The minimum atomic E-state index is -2.02. The summed E-state index contributed by atoms with van der Waals surface area (Å²) in [6.07, 6.45) is 0. The molecule has 0 aromatic heterocycles. The molecular formula is C14H12O2P+. The van der Waals surface area contributed by atoms with E-state index in [9.17, 15) is 9.36 Å². The molecule has 2 nitrogen and oxygen atoms in total. The van der Waals surface area contributed by atoms with Crippen LogP contribution in [-0.2, 0) is 4.57 Å². The van der Waals surface area contributed by atoms with Crippen molar-refractivity contribution in [2.45, 2.75) is 6.92 Å². The molecule has 2 aromatic carbocycles. The Labute approximate surface area is 101 Å². The Morgan fingerprint density at radius 2 is 1.53 bits per heavy atom. The standard InChI is InChI=1S/C14H12O2P/c1-11-7-5-6-10-13(11)14(15)17(16)12-8-3-2-4-9-12/h2-10H,1H3/q+1. The van der Waals surface area contributed by atoms with E-state index < -0.39 is 7.80 Å². The summed E-state index contributed by atoms with van der Waals surface area (Å²) in [4.78, 5) is 12.1. The molecule has 1 unspecified atom stereocenters. The van der Waals surface area contributed by atoms with Gasteiger partial charge in [-0.1, -0.05) is 41.0 Å². The van der Waals surface area contributed by atoms with Crippen molar-refractivity contribution < 1.29 is 9.36 Å². The van der Waals surface area contributed by atoms with Crippen LogP contribution in [0.3, 0.4) is 0 Å². The number of hydrogen-bond acceptors (Lipinski definition) is 2. The van der Waals surface area contributed by atoms with Gasteiger partial charge in [0.25, 0.3) is 0 Å². The van der Waals surface area contributed by atoms with Crippen molar-refractivity contribution in [2.75, 3.05) is 0 Å². The van der Waals surface area contributed by atoms with Gasteiger partial charge in [0.1, 0.15) is 0 Å². The second-order valence-electron chi connectivity index (χ2n) is 3.75. The lowest BCUT2D eigenvalue weighted by molar-refractivity contribution is 0.107. The van der Waals surface area contributed by atoms with Crippen LogP contribution in [0.15, 0.2) is 54.6 Å². The quantitative estimate of drug-likeness (QED) is 0.775. The van der Waals surface area contributed by atoms with Gasteiger partial charge in [0.2, 0.25) is 0 Å². The van der Waals surface area contributed by atoms with Crippen molar-refractivity contribution in [3.8, 4) is 0 Å². The maximum Gasteiger partial charge on any atom is 0.458 e. The zero-order valence-corrected chi connectivity index (χ0v) is 10.4. The first-order chi connectivity index (χ1) is 8.20. The molecule has 0 heterocycles. The number of aryl methyl sites for hydroxylation is 1. The molecule has 0 aliphatic carbocycles. The van der Waals surface area contributed by atoms with Gasteiger partial charge in [0.15, 0.2) is 5.30 Å². The van der Waals surface area contributed by atoms with Crippen LogP contribution in [0.25, 0.3) is 0 Å². The average molecular weight is 243 g/mol. The van der Waals surface area contributed by atoms with Crippen molar-refractivity contribution in [3.63, 3.8) is 0 Å². The molecule has 1 atom stereocenters. The lowest BCUT2D eigenvalue weighted by Crippen LogP contribution is -2.04. The van der Waals surface area contributed by atoms with Crippen LogP contribution in [0.1, 0.15) is 15.9 Å². The van der Waals surface area contributed by atoms with E-state index in [2.05, 4.69) is 0 Å². The van der Waals surface area contributed by atoms with Crippen LogP contribution < -0.4 is 5.30 Å². The molecule has 0 aliphatic rings. The van der Waals surface area contributed by atoms with Crippen LogP contribution in [0.5, 0.6) is 0 Å². The molecule has 0 saturated heterocycles. The Hall–Kier alpha value is -1.79. The Morgan fingerprint density at radius 1 is 0.941 bits per heavy atom. The maximum absolute atomic E-state index is 12.1. The molecule has 17 heavy (non-hydrogen) atoms. The fourth-order valence-electron chi connectivity index (χ4n) is 1.60. The predicted octanol–water partition coefficient (Wildman–Crippen LogP) is 3.29. The van der Waals surface area contributed by atoms with E-state index in [0.717, 1.165) is 5.56 Å². The molecule has 0 amide bonds. The van der Waals surface area contributed by atoms with Crippen LogP contribution in [0.2, 0.25) is 0 Å². The summed E-state index contributed by atoms with van der Waals surface area (Å²) in [7, 11) is -2.02. The highest BCUT2D eigenvalue weighted by Crippen LogP contribution is 2.27. The first-order valence-corrected chi connectivity index (χ1v) is 6.58. The van der Waals surface area contributed by atoms with Gasteiger partial charge in [0, 0.05) is 0 Å². The summed E-state index contributed by atoms with van der Waals surface area (Å²) >= 11 is 0. The van der Waals surface area contributed by atoms with Gasteiger partial charge in [-0.3, -0.25) is 0 Å². The Kier molecular flexibility index (Phi) is 3.46. The first kappa shape index (κ1) is 11.7. The van der Waals surface area contributed by atoms with E-state index in [1.54, 1.807) is 36.4 Å². The zero-order chi connectivity index (χ0) is 12.3. The van der Waals surface area contributed by atoms with E-state index in [-0.39, 0.29) is 5.52 Å². The lowest BCUT2D eigenvalue weighted by Gasteiger charge is -1.96. The second kappa shape index (κ2) is 5.03. The van der Waals surface area contributed by atoms with Crippen molar-refractivity contribution in [1.29, 1.82) is 0 Å². The summed E-state index contributed by atoms with van der Waals surface area (Å²) in [6.45, 7) is 1.85. The van der Waals surface area contributed by atoms with Gasteiger partial charge in [0.05, 0.1) is 5.56 Å². The molecule has 0 N–H and O–H groups in total. The first-order valence-electron chi connectivity index (χ1n) is 5.32. The minimum absolute atomic E-state index is 0.302. The average Bonchev–Trinajstić information content (AvgIpc) is 2.39. The third-order valence-electron chi connectivity index (χ3n) is 2.55. The molecule has 0 fully saturated rings. The van der Waals surface area contributed by atoms with Crippen LogP contribution in [-0.4, -0.2) is 5.52 Å². The maximum atomic E-state index is 12.1. The normalized spacial score (nSPS) is 11.0. The summed E-state index contributed by atoms with van der Waals surface area (Å²) in [5.41, 5.74) is 1.10. The summed E-state index contributed by atoms with van der Waals surface area (Å²) < 4.78 is 12.1. The highest BCUT2D eigenvalue weighted by atomic mass is 31.1. The Morgan fingerprint density at radius 3 is 2.18 bits per heavy atom. The van der Waals surface area contributed by atoms with Gasteiger partial charge < -0.3 is 0 Å². The third-order valence-corrected chi connectivity index (χ3v) is 3.93. The molecular weight excluding hydrogens is 231 g/mol. The SMILES string of the molecule is Cc1ccccc1C(=O)[P+](=O)c1ccccc1. The molecule has 0 bridgehead atoms. The number of benzene rings is 2. The largest absolute Gasteiger partial charge is 0.458 e. The molecule has 0 aliphatic heterocycles. The van der Waals surface area contributed by atoms with Gasteiger partial charge in [-0.2, -0.15) is 0 Å². The van der Waals surface area contributed by atoms with E-state index >= 15 is 0 Å². The lowest BCUT2D eigenvalue weighted by atomic mass is 10.1. The van der Waals surface area contributed by atoms with Crippen molar-refractivity contribution >= 4 is 18.6 Å². The molecule has 3 heteroatoms. The number of rotatable bonds is 3. The summed E-state index contributed by atoms with van der Waals surface area (Å²) in [6, 6.07) is 16.1. The highest BCUT2D eigenvalue weighted by Gasteiger charge is 2.33. The fourth-order valence-corrected chi connectivity index (χ4v) is 2.75. The Bertz CT molecular complexity index is 561. The second-order valence-corrected chi connectivity index (χ2v) is 5.26. The van der Waals surface area contributed by atoms with Crippen molar-refractivity contribution in [2.24, 2.45) is 0 Å². The van der Waals surface area contributed by atoms with Crippen LogP contribution >= 0.6 is 7.80 Å². The molecule has 0 radical (unpaired) electrons. The number of carbonyl (C=O) groups excluding carboxylic acids is 1. The molecule has 2 rings (SSSR count). The third kappa shape index (κ3) is 2.48. The minimum Gasteiger partial charge on any atom is -0.234 e. The highest BCUT2D eigenvalue weighted by molar-refractivity contribution is 7.71. The van der Waals surface area contributed by atoms with Crippen molar-refractivity contribution in [1.82, 2.24) is 0 Å². The van der Waals surface area contributed by atoms with E-state index in [1.807, 2.05) is 25.1 Å². The molecule has 2 aromatic rings. The van der Waals surface area contributed by atoms with Gasteiger partial charge in [-0.25, -0.2) is 4.79 Å². The number of hydrogen-bond donors (Lipinski definition) is 0. The summed E-state index contributed by atoms with van der Waals surface area (Å²) in [5.74, 6) is 0. The molecule has 84 valence electrons. The summed E-state index contributed by atoms with van der Waals surface area (Å²) in [5, 5.41) is 0.579. The van der Waals surface area contributed by atoms with Crippen molar-refractivity contribution in [3.05, 3.63) is 65.7 Å². The predicted molar refractivity (Wildman–Crippen MR) is 69.2 cm³/mol. The molecule has 0 spiro atoms. The van der Waals surface area contributed by atoms with E-state index in [0.29, 0.717) is 10.9 Å². The monoisotopic (exact) mass is 243 g/mol. The molecule has 0 saturated carbocycles. The van der Waals surface area contributed by atoms with Crippen LogP contribution in [0, 0.1) is 6.92 Å². The Balaban J connectivity index is 2.34. The fraction of sp³-hybridized carbons (Fsp3) is 0.0714. The van der Waals surface area contributed by atoms with Gasteiger partial charge >= 0.3 is 13.3 Å².